The molecule has 0 aromatic heterocycles. The molecule has 2 atom stereocenters. The summed E-state index contributed by atoms with van der Waals surface area (Å²) in [6.07, 6.45) is 45.5. The second-order valence-corrected chi connectivity index (χ2v) is 15.5. The van der Waals surface area contributed by atoms with Crippen molar-refractivity contribution >= 4 is 17.9 Å². The van der Waals surface area contributed by atoms with Crippen molar-refractivity contribution in [3.63, 3.8) is 0 Å². The SMILES string of the molecule is CC/C=C/C/C=C/C/C=C/CCCCCCCCCCCC(=O)OC(COCCC(C(=O)O)[N+](C)(C)C)COC(=O)CCCCCCC/C=C/C/C=C/CC. The van der Waals surface area contributed by atoms with E-state index in [1.165, 1.54) is 38.5 Å². The number of quaternary nitrogens is 1. The molecule has 0 rings (SSSR count). The molecule has 2 unspecified atom stereocenters. The predicted molar refractivity (Wildman–Crippen MR) is 229 cm³/mol. The van der Waals surface area contributed by atoms with Crippen LogP contribution in [0.5, 0.6) is 0 Å². The summed E-state index contributed by atoms with van der Waals surface area (Å²) in [6.45, 7) is 4.49. The van der Waals surface area contributed by atoms with Crippen molar-refractivity contribution in [1.29, 1.82) is 0 Å². The Morgan fingerprint density at radius 2 is 0.964 bits per heavy atom. The van der Waals surface area contributed by atoms with E-state index in [-0.39, 0.29) is 36.2 Å². The summed E-state index contributed by atoms with van der Waals surface area (Å²) >= 11 is 0. The quantitative estimate of drug-likeness (QED) is 0.0289. The zero-order chi connectivity index (χ0) is 40.7. The van der Waals surface area contributed by atoms with E-state index in [0.29, 0.717) is 19.3 Å². The maximum atomic E-state index is 12.7. The minimum absolute atomic E-state index is 0.0523. The Morgan fingerprint density at radius 3 is 1.42 bits per heavy atom. The van der Waals surface area contributed by atoms with Gasteiger partial charge in [-0.1, -0.05) is 139 Å². The van der Waals surface area contributed by atoms with E-state index in [1.807, 2.05) is 21.1 Å². The fourth-order valence-corrected chi connectivity index (χ4v) is 6.08. The number of likely N-dealkylation sites (N-methyl/N-ethyl adjacent to an activating group) is 1. The predicted octanol–water partition coefficient (Wildman–Crippen LogP) is 11.8. The monoisotopic (exact) mass is 773 g/mol. The number of carboxylic acids is 1. The van der Waals surface area contributed by atoms with E-state index >= 15 is 0 Å². The summed E-state index contributed by atoms with van der Waals surface area (Å²) in [6, 6.07) is -0.619. The van der Waals surface area contributed by atoms with E-state index in [2.05, 4.69) is 74.6 Å². The van der Waals surface area contributed by atoms with Crippen LogP contribution in [0, 0.1) is 0 Å². The Morgan fingerprint density at radius 1 is 0.545 bits per heavy atom. The molecule has 0 aromatic rings. The summed E-state index contributed by atoms with van der Waals surface area (Å²) < 4.78 is 17.2. The van der Waals surface area contributed by atoms with Gasteiger partial charge < -0.3 is 23.8 Å². The molecule has 316 valence electrons. The van der Waals surface area contributed by atoms with E-state index < -0.39 is 18.1 Å². The molecule has 0 fully saturated rings. The van der Waals surface area contributed by atoms with Gasteiger partial charge in [0.15, 0.2) is 12.1 Å². The van der Waals surface area contributed by atoms with Gasteiger partial charge in [-0.15, -0.1) is 0 Å². The summed E-state index contributed by atoms with van der Waals surface area (Å²) in [4.78, 5) is 36.9. The second-order valence-electron chi connectivity index (χ2n) is 15.5. The number of hydrogen-bond acceptors (Lipinski definition) is 6. The molecule has 55 heavy (non-hydrogen) atoms. The highest BCUT2D eigenvalue weighted by atomic mass is 16.6. The van der Waals surface area contributed by atoms with Crippen LogP contribution < -0.4 is 0 Å². The van der Waals surface area contributed by atoms with Gasteiger partial charge in [-0.05, 0) is 70.6 Å². The number of carbonyl (C=O) groups excluding carboxylic acids is 2. The summed E-state index contributed by atoms with van der Waals surface area (Å²) in [5, 5.41) is 9.61. The minimum atomic E-state index is -0.880. The van der Waals surface area contributed by atoms with Crippen molar-refractivity contribution in [1.82, 2.24) is 0 Å². The molecule has 8 nitrogen and oxygen atoms in total. The van der Waals surface area contributed by atoms with Crippen molar-refractivity contribution in [2.45, 2.75) is 180 Å². The molecule has 0 aromatic carbocycles. The van der Waals surface area contributed by atoms with Gasteiger partial charge >= 0.3 is 17.9 Å². The first kappa shape index (κ1) is 52.0. The Balaban J connectivity index is 4.34. The van der Waals surface area contributed by atoms with Crippen molar-refractivity contribution in [3.05, 3.63) is 60.8 Å². The van der Waals surface area contributed by atoms with Gasteiger partial charge in [0, 0.05) is 19.3 Å². The van der Waals surface area contributed by atoms with Crippen LogP contribution in [-0.4, -0.2) is 80.6 Å². The van der Waals surface area contributed by atoms with Crippen LogP contribution in [0.1, 0.15) is 168 Å². The van der Waals surface area contributed by atoms with Crippen LogP contribution in [0.15, 0.2) is 60.8 Å². The molecule has 0 heterocycles. The Kier molecular flexibility index (Phi) is 35.9. The van der Waals surface area contributed by atoms with E-state index in [9.17, 15) is 19.5 Å². The lowest BCUT2D eigenvalue weighted by Gasteiger charge is -2.31. The van der Waals surface area contributed by atoms with Crippen LogP contribution >= 0.6 is 0 Å². The number of carboxylic acid groups (broad SMARTS) is 1. The van der Waals surface area contributed by atoms with Gasteiger partial charge in [-0.2, -0.15) is 0 Å². The van der Waals surface area contributed by atoms with Crippen LogP contribution in [-0.2, 0) is 28.6 Å². The first-order valence-electron chi connectivity index (χ1n) is 21.8. The second kappa shape index (κ2) is 37.9. The third kappa shape index (κ3) is 36.4. The van der Waals surface area contributed by atoms with Crippen molar-refractivity contribution in [2.24, 2.45) is 0 Å². The number of aliphatic carboxylic acids is 1. The Labute approximate surface area is 337 Å². The molecular formula is C47H82NO7+. The third-order valence-electron chi connectivity index (χ3n) is 9.41. The molecule has 0 radical (unpaired) electrons. The third-order valence-corrected chi connectivity index (χ3v) is 9.41. The largest absolute Gasteiger partial charge is 0.477 e. The first-order valence-corrected chi connectivity index (χ1v) is 21.8. The number of carbonyl (C=O) groups is 3. The maximum absolute atomic E-state index is 12.7. The van der Waals surface area contributed by atoms with Gasteiger partial charge in [0.05, 0.1) is 34.4 Å². The van der Waals surface area contributed by atoms with E-state index in [0.717, 1.165) is 96.3 Å². The highest BCUT2D eigenvalue weighted by molar-refractivity contribution is 5.72. The van der Waals surface area contributed by atoms with Crippen molar-refractivity contribution < 1.29 is 38.2 Å². The minimum Gasteiger partial charge on any atom is -0.477 e. The normalized spacial score (nSPS) is 13.5. The summed E-state index contributed by atoms with van der Waals surface area (Å²) in [7, 11) is 5.51. The van der Waals surface area contributed by atoms with Crippen molar-refractivity contribution in [3.8, 4) is 0 Å². The van der Waals surface area contributed by atoms with Crippen LogP contribution in [0.3, 0.4) is 0 Å². The number of allylic oxidation sites excluding steroid dienone is 10. The topological polar surface area (TPSA) is 99.1 Å². The molecular weight excluding hydrogens is 691 g/mol. The van der Waals surface area contributed by atoms with Crippen LogP contribution in [0.4, 0.5) is 0 Å². The van der Waals surface area contributed by atoms with Gasteiger partial charge in [-0.25, -0.2) is 4.79 Å². The molecule has 0 spiro atoms. The number of rotatable bonds is 38. The molecule has 0 saturated carbocycles. The lowest BCUT2D eigenvalue weighted by Crippen LogP contribution is -2.50. The molecule has 0 saturated heterocycles. The number of esters is 2. The highest BCUT2D eigenvalue weighted by Gasteiger charge is 2.31. The molecule has 0 amide bonds. The average Bonchev–Trinajstić information content (AvgIpc) is 3.14. The van der Waals surface area contributed by atoms with Crippen LogP contribution in [0.25, 0.3) is 0 Å². The van der Waals surface area contributed by atoms with Gasteiger partial charge in [0.25, 0.3) is 0 Å². The Hall–Kier alpha value is -2.97. The molecule has 0 aliphatic carbocycles. The zero-order valence-corrected chi connectivity index (χ0v) is 35.9. The smallest absolute Gasteiger partial charge is 0.362 e. The number of hydrogen-bond donors (Lipinski definition) is 1. The standard InChI is InChI=1S/C47H81NO7/c1-6-8-10-12-14-16-18-20-21-22-23-24-25-26-28-30-32-34-36-38-46(50)55-43(41-53-40-39-44(47(51)52)48(3,4)5)42-54-45(49)37-35-33-31-29-27-19-17-15-13-11-9-7-2/h8-11,14-17,20-21,43-44H,6-7,12-13,18-19,22-42H2,1-5H3/p+1/b10-8+,11-9+,16-14+,17-15+,21-20+. The zero-order valence-electron chi connectivity index (χ0n) is 35.9. The maximum Gasteiger partial charge on any atom is 0.362 e. The molecule has 0 aliphatic rings. The first-order chi connectivity index (χ1) is 26.6. The Bertz CT molecular complexity index is 1090. The van der Waals surface area contributed by atoms with Gasteiger partial charge in [0.1, 0.15) is 6.61 Å². The van der Waals surface area contributed by atoms with Crippen LogP contribution in [0.2, 0.25) is 0 Å². The highest BCUT2D eigenvalue weighted by Crippen LogP contribution is 2.14. The number of nitrogens with zero attached hydrogens (tertiary/aromatic N) is 1. The van der Waals surface area contributed by atoms with E-state index in [4.69, 9.17) is 14.2 Å². The molecule has 8 heteroatoms. The average molecular weight is 773 g/mol. The lowest BCUT2D eigenvalue weighted by atomic mass is 10.1. The fourth-order valence-electron chi connectivity index (χ4n) is 6.08. The van der Waals surface area contributed by atoms with E-state index in [1.54, 1.807) is 0 Å². The fraction of sp³-hybridized carbons (Fsp3) is 0.723. The molecule has 0 bridgehead atoms. The lowest BCUT2D eigenvalue weighted by molar-refractivity contribution is -0.887. The summed E-state index contributed by atoms with van der Waals surface area (Å²) in [5.41, 5.74) is 0. The van der Waals surface area contributed by atoms with Crippen molar-refractivity contribution in [2.75, 3.05) is 41.0 Å². The van der Waals surface area contributed by atoms with Gasteiger partial charge in [-0.3, -0.25) is 9.59 Å². The van der Waals surface area contributed by atoms with Gasteiger partial charge in [0.2, 0.25) is 0 Å². The molecule has 0 aliphatic heterocycles. The number of unbranched alkanes of at least 4 members (excludes halogenated alkanes) is 14. The number of ether oxygens (including phenoxy) is 3. The summed E-state index contributed by atoms with van der Waals surface area (Å²) in [5.74, 6) is -1.50. The molecule has 1 N–H and O–H groups in total.